The Hall–Kier alpha value is -2.15. The van der Waals surface area contributed by atoms with Crippen molar-refractivity contribution in [1.29, 1.82) is 0 Å². The molecule has 0 unspecified atom stereocenters. The van der Waals surface area contributed by atoms with Gasteiger partial charge in [0.15, 0.2) is 0 Å². The number of carbonyl (C=O) groups excluding carboxylic acids is 2. The van der Waals surface area contributed by atoms with E-state index in [0.717, 1.165) is 0 Å². The lowest BCUT2D eigenvalue weighted by atomic mass is 10.3. The van der Waals surface area contributed by atoms with E-state index in [1.807, 2.05) is 0 Å². The van der Waals surface area contributed by atoms with Gasteiger partial charge in [0.05, 0.1) is 19.6 Å². The third-order valence-electron chi connectivity index (χ3n) is 2.54. The summed E-state index contributed by atoms with van der Waals surface area (Å²) in [6.45, 7) is 0.302. The zero-order chi connectivity index (χ0) is 15.0. The van der Waals surface area contributed by atoms with Gasteiger partial charge in [0.2, 0.25) is 11.8 Å². The summed E-state index contributed by atoms with van der Waals surface area (Å²) in [5.74, 6) is -0.615. The van der Waals surface area contributed by atoms with Crippen molar-refractivity contribution in [2.45, 2.75) is 0 Å². The van der Waals surface area contributed by atoms with Gasteiger partial charge in [0.1, 0.15) is 18.2 Å². The molecule has 0 saturated heterocycles. The van der Waals surface area contributed by atoms with Crippen LogP contribution in [0.5, 0.6) is 5.75 Å². The van der Waals surface area contributed by atoms with Crippen LogP contribution in [0.25, 0.3) is 0 Å². The highest BCUT2D eigenvalue weighted by atomic mass is 19.1. The van der Waals surface area contributed by atoms with E-state index in [-0.39, 0.29) is 37.3 Å². The highest BCUT2D eigenvalue weighted by Crippen LogP contribution is 2.11. The van der Waals surface area contributed by atoms with Crippen molar-refractivity contribution < 1.29 is 18.7 Å². The normalized spacial score (nSPS) is 9.95. The smallest absolute Gasteiger partial charge is 0.241 e. The highest BCUT2D eigenvalue weighted by Gasteiger charge is 2.09. The summed E-state index contributed by atoms with van der Waals surface area (Å²) < 4.78 is 18.2. The zero-order valence-electron chi connectivity index (χ0n) is 11.3. The molecule has 0 aliphatic carbocycles. The average molecular weight is 283 g/mol. The number of likely N-dealkylation sites (N-methyl/N-ethyl adjacent to an activating group) is 1. The summed E-state index contributed by atoms with van der Waals surface area (Å²) in [7, 11) is 1.59. The molecule has 0 atom stereocenters. The van der Waals surface area contributed by atoms with E-state index in [1.165, 1.54) is 17.0 Å². The predicted octanol–water partition coefficient (Wildman–Crippen LogP) is -0.262. The van der Waals surface area contributed by atoms with Crippen molar-refractivity contribution in [3.8, 4) is 5.75 Å². The number of rotatable bonds is 7. The van der Waals surface area contributed by atoms with Gasteiger partial charge >= 0.3 is 0 Å². The molecular weight excluding hydrogens is 265 g/mol. The largest absolute Gasteiger partial charge is 0.492 e. The second-order valence-electron chi connectivity index (χ2n) is 4.10. The van der Waals surface area contributed by atoms with Crippen LogP contribution in [0.2, 0.25) is 0 Å². The maximum Gasteiger partial charge on any atom is 0.241 e. The maximum atomic E-state index is 12.9. The third kappa shape index (κ3) is 5.66. The SMILES string of the molecule is CN(CCOc1cccc(F)c1)C(=O)CNC(=O)CN. The Bertz CT molecular complexity index is 468. The molecule has 0 bridgehead atoms. The first-order valence-corrected chi connectivity index (χ1v) is 6.12. The molecule has 1 rings (SSSR count). The minimum absolute atomic E-state index is 0.105. The first kappa shape index (κ1) is 15.9. The number of nitrogens with zero attached hydrogens (tertiary/aromatic N) is 1. The van der Waals surface area contributed by atoms with E-state index in [1.54, 1.807) is 19.2 Å². The lowest BCUT2D eigenvalue weighted by Crippen LogP contribution is -2.41. The Morgan fingerprint density at radius 3 is 2.85 bits per heavy atom. The first-order valence-electron chi connectivity index (χ1n) is 6.12. The fourth-order valence-electron chi connectivity index (χ4n) is 1.36. The number of nitrogens with one attached hydrogen (secondary N) is 1. The van der Waals surface area contributed by atoms with Gasteiger partial charge < -0.3 is 20.7 Å². The number of carbonyl (C=O) groups is 2. The van der Waals surface area contributed by atoms with Gasteiger partial charge in [-0.3, -0.25) is 9.59 Å². The van der Waals surface area contributed by atoms with Crippen molar-refractivity contribution in [2.24, 2.45) is 5.73 Å². The lowest BCUT2D eigenvalue weighted by molar-refractivity contribution is -0.131. The van der Waals surface area contributed by atoms with Gasteiger partial charge in [-0.15, -0.1) is 0 Å². The molecule has 20 heavy (non-hydrogen) atoms. The molecule has 0 aliphatic heterocycles. The zero-order valence-corrected chi connectivity index (χ0v) is 11.3. The summed E-state index contributed by atoms with van der Waals surface area (Å²) >= 11 is 0. The fourth-order valence-corrected chi connectivity index (χ4v) is 1.36. The Morgan fingerprint density at radius 2 is 2.20 bits per heavy atom. The molecule has 6 nitrogen and oxygen atoms in total. The van der Waals surface area contributed by atoms with Gasteiger partial charge in [-0.1, -0.05) is 6.07 Å². The summed E-state index contributed by atoms with van der Waals surface area (Å²) in [6.07, 6.45) is 0. The Kier molecular flexibility index (Phi) is 6.45. The molecule has 2 amide bonds. The van der Waals surface area contributed by atoms with Crippen LogP contribution in [0.4, 0.5) is 4.39 Å². The summed E-state index contributed by atoms with van der Waals surface area (Å²) in [6, 6.07) is 5.76. The summed E-state index contributed by atoms with van der Waals surface area (Å²) in [4.78, 5) is 23.9. The summed E-state index contributed by atoms with van der Waals surface area (Å²) in [5, 5.41) is 2.38. The molecule has 0 heterocycles. The van der Waals surface area contributed by atoms with Gasteiger partial charge in [-0.2, -0.15) is 0 Å². The van der Waals surface area contributed by atoms with E-state index in [4.69, 9.17) is 10.5 Å². The van der Waals surface area contributed by atoms with E-state index < -0.39 is 0 Å². The number of amides is 2. The van der Waals surface area contributed by atoms with Crippen molar-refractivity contribution >= 4 is 11.8 Å². The molecule has 0 aromatic heterocycles. The molecule has 1 aromatic rings. The molecule has 7 heteroatoms. The van der Waals surface area contributed by atoms with Crippen LogP contribution in [0, 0.1) is 5.82 Å². The molecular formula is C13H18FN3O3. The Labute approximate surface area is 116 Å². The van der Waals surface area contributed by atoms with Crippen LogP contribution in [-0.2, 0) is 9.59 Å². The van der Waals surface area contributed by atoms with Crippen LogP contribution in [0.1, 0.15) is 0 Å². The maximum absolute atomic E-state index is 12.9. The molecule has 1 aromatic carbocycles. The second-order valence-corrected chi connectivity index (χ2v) is 4.10. The van der Waals surface area contributed by atoms with E-state index in [0.29, 0.717) is 12.3 Å². The van der Waals surface area contributed by atoms with Crippen LogP contribution >= 0.6 is 0 Å². The number of halogens is 1. The van der Waals surface area contributed by atoms with Crippen molar-refractivity contribution in [1.82, 2.24) is 10.2 Å². The van der Waals surface area contributed by atoms with E-state index in [9.17, 15) is 14.0 Å². The van der Waals surface area contributed by atoms with Crippen molar-refractivity contribution in [3.63, 3.8) is 0 Å². The van der Waals surface area contributed by atoms with Gasteiger partial charge in [0, 0.05) is 13.1 Å². The standard InChI is InChI=1S/C13H18FN3O3/c1-17(13(19)9-16-12(18)8-15)5-6-20-11-4-2-3-10(14)7-11/h2-4,7H,5-6,8-9,15H2,1H3,(H,16,18). The molecule has 0 saturated carbocycles. The van der Waals surface area contributed by atoms with Crippen LogP contribution < -0.4 is 15.8 Å². The first-order chi connectivity index (χ1) is 9.52. The number of benzene rings is 1. The molecule has 0 aliphatic rings. The van der Waals surface area contributed by atoms with Crippen LogP contribution in [0.15, 0.2) is 24.3 Å². The van der Waals surface area contributed by atoms with Crippen molar-refractivity contribution in [3.05, 3.63) is 30.1 Å². The number of ether oxygens (including phenoxy) is 1. The quantitative estimate of drug-likeness (QED) is 0.722. The number of hydrogen-bond acceptors (Lipinski definition) is 4. The topological polar surface area (TPSA) is 84.7 Å². The number of hydrogen-bond donors (Lipinski definition) is 2. The Balaban J connectivity index is 2.27. The molecule has 0 fully saturated rings. The molecule has 0 spiro atoms. The van der Waals surface area contributed by atoms with Gasteiger partial charge in [-0.25, -0.2) is 4.39 Å². The van der Waals surface area contributed by atoms with E-state index >= 15 is 0 Å². The number of nitrogens with two attached hydrogens (primary N) is 1. The van der Waals surface area contributed by atoms with Crippen LogP contribution in [-0.4, -0.2) is 50.0 Å². The van der Waals surface area contributed by atoms with Gasteiger partial charge in [0.25, 0.3) is 0 Å². The molecule has 0 radical (unpaired) electrons. The lowest BCUT2D eigenvalue weighted by Gasteiger charge is -2.17. The summed E-state index contributed by atoms with van der Waals surface area (Å²) in [5.41, 5.74) is 5.10. The minimum atomic E-state index is -0.386. The highest BCUT2D eigenvalue weighted by molar-refractivity contribution is 5.85. The van der Waals surface area contributed by atoms with Crippen molar-refractivity contribution in [2.75, 3.05) is 33.3 Å². The van der Waals surface area contributed by atoms with E-state index in [2.05, 4.69) is 5.32 Å². The molecule has 110 valence electrons. The Morgan fingerprint density at radius 1 is 1.45 bits per heavy atom. The van der Waals surface area contributed by atoms with Crippen LogP contribution in [0.3, 0.4) is 0 Å². The fraction of sp³-hybridized carbons (Fsp3) is 0.385. The third-order valence-corrected chi connectivity index (χ3v) is 2.54. The average Bonchev–Trinajstić information content (AvgIpc) is 2.44. The predicted molar refractivity (Wildman–Crippen MR) is 71.6 cm³/mol. The monoisotopic (exact) mass is 283 g/mol. The van der Waals surface area contributed by atoms with Gasteiger partial charge in [-0.05, 0) is 12.1 Å². The second kappa shape index (κ2) is 8.11. The molecule has 3 N–H and O–H groups in total. The minimum Gasteiger partial charge on any atom is -0.492 e.